The standard InChI is InChI=1S/C25H26N2O.C2HF3O2/c1-18-7-9-20(10-8-18)16-26-24-15-23(24)21-11-13-22(14-12-21)25(28)27-17-19-5-3-2-4-6-19;3-2(4,5)1(6)7/h2-14,23-24,26H,15-17H2,1H3,(H,27,28);(H,6,7)/t23-,24+;/m0./s1. The molecule has 3 aromatic carbocycles. The quantitative estimate of drug-likeness (QED) is 0.431. The van der Waals surface area contributed by atoms with Crippen molar-refractivity contribution in [3.8, 4) is 0 Å². The fourth-order valence-corrected chi connectivity index (χ4v) is 3.51. The molecule has 0 heterocycles. The lowest BCUT2D eigenvalue weighted by Gasteiger charge is -2.07. The van der Waals surface area contributed by atoms with E-state index in [4.69, 9.17) is 9.90 Å². The fraction of sp³-hybridized carbons (Fsp3) is 0.259. The first-order valence-electron chi connectivity index (χ1n) is 11.1. The minimum absolute atomic E-state index is 0.0275. The highest BCUT2D eigenvalue weighted by atomic mass is 19.4. The van der Waals surface area contributed by atoms with E-state index in [-0.39, 0.29) is 5.91 Å². The second-order valence-corrected chi connectivity index (χ2v) is 8.41. The Labute approximate surface area is 202 Å². The number of hydrogen-bond acceptors (Lipinski definition) is 3. The molecule has 3 aromatic rings. The highest BCUT2D eigenvalue weighted by molar-refractivity contribution is 5.94. The van der Waals surface area contributed by atoms with Crippen LogP contribution in [-0.2, 0) is 17.9 Å². The molecule has 3 N–H and O–H groups in total. The van der Waals surface area contributed by atoms with Crippen molar-refractivity contribution in [1.29, 1.82) is 0 Å². The maximum atomic E-state index is 12.3. The monoisotopic (exact) mass is 484 g/mol. The Morgan fingerprint density at radius 1 is 0.886 bits per heavy atom. The van der Waals surface area contributed by atoms with E-state index in [1.54, 1.807) is 0 Å². The normalized spacial score (nSPS) is 16.6. The van der Waals surface area contributed by atoms with E-state index in [0.717, 1.165) is 18.5 Å². The molecule has 4 rings (SSSR count). The van der Waals surface area contributed by atoms with Crippen LogP contribution in [0.5, 0.6) is 0 Å². The van der Waals surface area contributed by atoms with Crippen molar-refractivity contribution >= 4 is 11.9 Å². The van der Waals surface area contributed by atoms with E-state index in [1.165, 1.54) is 16.7 Å². The number of halogens is 3. The van der Waals surface area contributed by atoms with E-state index in [1.807, 2.05) is 42.5 Å². The van der Waals surface area contributed by atoms with E-state index in [9.17, 15) is 18.0 Å². The maximum absolute atomic E-state index is 12.3. The summed E-state index contributed by atoms with van der Waals surface area (Å²) in [4.78, 5) is 21.2. The number of carbonyl (C=O) groups is 2. The number of carboxylic acids is 1. The lowest BCUT2D eigenvalue weighted by atomic mass is 10.1. The molecule has 0 spiro atoms. The molecule has 0 saturated heterocycles. The van der Waals surface area contributed by atoms with Crippen LogP contribution in [0, 0.1) is 6.92 Å². The molecule has 1 amide bonds. The molecule has 0 radical (unpaired) electrons. The van der Waals surface area contributed by atoms with Gasteiger partial charge in [0.25, 0.3) is 5.91 Å². The topological polar surface area (TPSA) is 78.4 Å². The Hall–Kier alpha value is -3.65. The molecule has 1 aliphatic rings. The second-order valence-electron chi connectivity index (χ2n) is 8.41. The zero-order valence-electron chi connectivity index (χ0n) is 19.2. The van der Waals surface area contributed by atoms with Crippen LogP contribution in [0.2, 0.25) is 0 Å². The molecule has 0 unspecified atom stereocenters. The van der Waals surface area contributed by atoms with Gasteiger partial charge >= 0.3 is 12.1 Å². The van der Waals surface area contributed by atoms with Crippen LogP contribution in [0.25, 0.3) is 0 Å². The summed E-state index contributed by atoms with van der Waals surface area (Å²) in [5.74, 6) is -2.24. The molecule has 2 atom stereocenters. The number of carboxylic acid groups (broad SMARTS) is 1. The van der Waals surface area contributed by atoms with Crippen molar-refractivity contribution in [2.75, 3.05) is 0 Å². The summed E-state index contributed by atoms with van der Waals surface area (Å²) in [6.45, 7) is 3.57. The first kappa shape index (κ1) is 26.0. The van der Waals surface area contributed by atoms with Crippen molar-refractivity contribution in [3.63, 3.8) is 0 Å². The third-order valence-corrected chi connectivity index (χ3v) is 5.62. The van der Waals surface area contributed by atoms with Crippen LogP contribution < -0.4 is 10.6 Å². The molecule has 35 heavy (non-hydrogen) atoms. The van der Waals surface area contributed by atoms with Gasteiger partial charge in [0.15, 0.2) is 0 Å². The molecule has 0 aromatic heterocycles. The van der Waals surface area contributed by atoms with Crippen molar-refractivity contribution in [2.45, 2.75) is 44.6 Å². The van der Waals surface area contributed by atoms with E-state index in [2.05, 4.69) is 54.0 Å². The number of alkyl halides is 3. The Balaban J connectivity index is 0.000000429. The van der Waals surface area contributed by atoms with Crippen LogP contribution in [0.3, 0.4) is 0 Å². The molecule has 0 aliphatic heterocycles. The van der Waals surface area contributed by atoms with Gasteiger partial charge in [-0.15, -0.1) is 0 Å². The number of aryl methyl sites for hydroxylation is 1. The summed E-state index contributed by atoms with van der Waals surface area (Å²) >= 11 is 0. The predicted octanol–water partition coefficient (Wildman–Crippen LogP) is 5.20. The Morgan fingerprint density at radius 2 is 1.46 bits per heavy atom. The molecular weight excluding hydrogens is 457 g/mol. The molecule has 8 heteroatoms. The average Bonchev–Trinajstić information content (AvgIpc) is 3.62. The SMILES string of the molecule is Cc1ccc(CN[C@@H]2C[C@H]2c2ccc(C(=O)NCc3ccccc3)cc2)cc1.O=C(O)C(F)(F)F. The number of nitrogens with one attached hydrogen (secondary N) is 2. The van der Waals surface area contributed by atoms with Crippen molar-refractivity contribution in [3.05, 3.63) is 107 Å². The number of carbonyl (C=O) groups excluding carboxylic acids is 1. The first-order valence-corrected chi connectivity index (χ1v) is 11.1. The van der Waals surface area contributed by atoms with Crippen molar-refractivity contribution < 1.29 is 27.9 Å². The number of aliphatic carboxylic acids is 1. The molecule has 184 valence electrons. The first-order chi connectivity index (χ1) is 16.6. The van der Waals surface area contributed by atoms with Gasteiger partial charge in [-0.1, -0.05) is 72.3 Å². The number of rotatable bonds is 7. The number of amides is 1. The molecule has 1 fully saturated rings. The summed E-state index contributed by atoms with van der Waals surface area (Å²) < 4.78 is 31.7. The third-order valence-electron chi connectivity index (χ3n) is 5.62. The average molecular weight is 485 g/mol. The highest BCUT2D eigenvalue weighted by Crippen LogP contribution is 2.41. The smallest absolute Gasteiger partial charge is 0.475 e. The van der Waals surface area contributed by atoms with E-state index in [0.29, 0.717) is 24.1 Å². The minimum Gasteiger partial charge on any atom is -0.475 e. The van der Waals surface area contributed by atoms with Gasteiger partial charge in [-0.3, -0.25) is 4.79 Å². The lowest BCUT2D eigenvalue weighted by Crippen LogP contribution is -2.22. The Morgan fingerprint density at radius 3 is 2.03 bits per heavy atom. The highest BCUT2D eigenvalue weighted by Gasteiger charge is 2.38. The zero-order valence-corrected chi connectivity index (χ0v) is 19.2. The summed E-state index contributed by atoms with van der Waals surface area (Å²) in [5.41, 5.74) is 5.74. The fourth-order valence-electron chi connectivity index (χ4n) is 3.51. The molecule has 1 saturated carbocycles. The summed E-state index contributed by atoms with van der Waals surface area (Å²) in [6.07, 6.45) is -3.93. The summed E-state index contributed by atoms with van der Waals surface area (Å²) in [6, 6.07) is 27.2. The third kappa shape index (κ3) is 8.26. The van der Waals surface area contributed by atoms with Gasteiger partial charge < -0.3 is 15.7 Å². The second kappa shape index (κ2) is 11.7. The number of hydrogen-bond donors (Lipinski definition) is 3. The van der Waals surface area contributed by atoms with Gasteiger partial charge in [-0.2, -0.15) is 13.2 Å². The van der Waals surface area contributed by atoms with Crippen LogP contribution in [0.4, 0.5) is 13.2 Å². The van der Waals surface area contributed by atoms with Gasteiger partial charge in [-0.25, -0.2) is 4.79 Å². The largest absolute Gasteiger partial charge is 0.490 e. The van der Waals surface area contributed by atoms with Crippen molar-refractivity contribution in [2.24, 2.45) is 0 Å². The molecule has 0 bridgehead atoms. The van der Waals surface area contributed by atoms with E-state index >= 15 is 0 Å². The van der Waals surface area contributed by atoms with E-state index < -0.39 is 12.1 Å². The lowest BCUT2D eigenvalue weighted by molar-refractivity contribution is -0.192. The zero-order chi connectivity index (χ0) is 25.4. The van der Waals surface area contributed by atoms with Gasteiger partial charge in [-0.05, 0) is 42.2 Å². The van der Waals surface area contributed by atoms with Crippen LogP contribution in [0.1, 0.15) is 45.0 Å². The Bertz CT molecular complexity index is 1120. The Kier molecular flexibility index (Phi) is 8.65. The van der Waals surface area contributed by atoms with Crippen LogP contribution in [0.15, 0.2) is 78.9 Å². The van der Waals surface area contributed by atoms with Crippen molar-refractivity contribution in [1.82, 2.24) is 10.6 Å². The van der Waals surface area contributed by atoms with Gasteiger partial charge in [0.05, 0.1) is 0 Å². The summed E-state index contributed by atoms with van der Waals surface area (Å²) in [7, 11) is 0. The predicted molar refractivity (Wildman–Crippen MR) is 127 cm³/mol. The molecular formula is C27H27F3N2O3. The van der Waals surface area contributed by atoms with Gasteiger partial charge in [0, 0.05) is 30.6 Å². The van der Waals surface area contributed by atoms with Gasteiger partial charge in [0.2, 0.25) is 0 Å². The summed E-state index contributed by atoms with van der Waals surface area (Å²) in [5, 5.41) is 13.7. The number of benzene rings is 3. The molecule has 1 aliphatic carbocycles. The molecule has 5 nitrogen and oxygen atoms in total. The van der Waals surface area contributed by atoms with Gasteiger partial charge in [0.1, 0.15) is 0 Å². The van der Waals surface area contributed by atoms with Crippen LogP contribution >= 0.6 is 0 Å². The maximum Gasteiger partial charge on any atom is 0.490 e. The minimum atomic E-state index is -5.08. The van der Waals surface area contributed by atoms with Crippen LogP contribution in [-0.4, -0.2) is 29.2 Å².